The first kappa shape index (κ1) is 12.3. The lowest BCUT2D eigenvalue weighted by Crippen LogP contribution is -2.37. The third-order valence-corrected chi connectivity index (χ3v) is 3.49. The molecular formula is C13H12N4O3. The fraction of sp³-hybridized carbons (Fsp3) is 0.231. The lowest BCUT2D eigenvalue weighted by atomic mass is 10.1. The van der Waals surface area contributed by atoms with Crippen LogP contribution in [0.3, 0.4) is 0 Å². The van der Waals surface area contributed by atoms with Gasteiger partial charge in [0.15, 0.2) is 11.5 Å². The van der Waals surface area contributed by atoms with Gasteiger partial charge in [0, 0.05) is 7.05 Å². The predicted molar refractivity (Wildman–Crippen MR) is 72.3 cm³/mol. The Hall–Kier alpha value is -2.70. The van der Waals surface area contributed by atoms with Crippen LogP contribution in [0.15, 0.2) is 21.7 Å². The average molecular weight is 272 g/mol. The maximum atomic E-state index is 11.9. The van der Waals surface area contributed by atoms with E-state index in [2.05, 4.69) is 9.97 Å². The van der Waals surface area contributed by atoms with Gasteiger partial charge < -0.3 is 9.77 Å². The van der Waals surface area contributed by atoms with Crippen molar-refractivity contribution in [3.05, 3.63) is 44.1 Å². The number of hydrogen-bond acceptors (Lipinski definition) is 5. The first-order valence-electron chi connectivity index (χ1n) is 6.00. The van der Waals surface area contributed by atoms with Crippen LogP contribution in [0, 0.1) is 13.8 Å². The summed E-state index contributed by atoms with van der Waals surface area (Å²) in [6.07, 6.45) is 0. The molecule has 102 valence electrons. The number of fused-ring (bicyclic) bond motifs is 2. The molecule has 0 aliphatic carbocycles. The molecule has 0 radical (unpaired) electrons. The van der Waals surface area contributed by atoms with E-state index >= 15 is 0 Å². The molecule has 0 saturated heterocycles. The molecule has 0 atom stereocenters. The van der Waals surface area contributed by atoms with Gasteiger partial charge >= 0.3 is 11.2 Å². The molecule has 1 N–H and O–H groups in total. The van der Waals surface area contributed by atoms with Crippen LogP contribution in [0.1, 0.15) is 11.1 Å². The Morgan fingerprint density at radius 1 is 1.10 bits per heavy atom. The van der Waals surface area contributed by atoms with Crippen LogP contribution >= 0.6 is 0 Å². The first-order chi connectivity index (χ1) is 9.40. The summed E-state index contributed by atoms with van der Waals surface area (Å²) in [6, 6.07) is 3.78. The lowest BCUT2D eigenvalue weighted by Gasteiger charge is -2.14. The molecule has 0 aromatic heterocycles. The van der Waals surface area contributed by atoms with Gasteiger partial charge in [0.05, 0.1) is 11.0 Å². The van der Waals surface area contributed by atoms with Gasteiger partial charge in [-0.15, -0.1) is 0 Å². The zero-order valence-electron chi connectivity index (χ0n) is 11.2. The third kappa shape index (κ3) is 1.52. The SMILES string of the molecule is Cc1cc2nc3c(=O)n(O)c(=O)nc-3n(C)c2cc1C. The van der Waals surface area contributed by atoms with Crippen molar-refractivity contribution in [3.8, 4) is 11.5 Å². The molecule has 2 aliphatic rings. The van der Waals surface area contributed by atoms with Crippen LogP contribution in [0.25, 0.3) is 22.6 Å². The lowest BCUT2D eigenvalue weighted by molar-refractivity contribution is 0.160. The molecule has 0 fully saturated rings. The van der Waals surface area contributed by atoms with Crippen LogP contribution in [0.2, 0.25) is 0 Å². The molecule has 0 unspecified atom stereocenters. The molecule has 7 heteroatoms. The predicted octanol–water partition coefficient (Wildman–Crippen LogP) is 0.449. The third-order valence-electron chi connectivity index (χ3n) is 3.49. The molecular weight excluding hydrogens is 260 g/mol. The van der Waals surface area contributed by atoms with Crippen molar-refractivity contribution >= 4 is 11.0 Å². The second kappa shape index (κ2) is 3.89. The van der Waals surface area contributed by atoms with Crippen LogP contribution in [0.4, 0.5) is 0 Å². The smallest absolute Gasteiger partial charge is 0.386 e. The number of hydrogen-bond donors (Lipinski definition) is 1. The summed E-state index contributed by atoms with van der Waals surface area (Å²) in [4.78, 5) is 31.2. The molecule has 20 heavy (non-hydrogen) atoms. The van der Waals surface area contributed by atoms with Crippen molar-refractivity contribution in [1.29, 1.82) is 0 Å². The maximum Gasteiger partial charge on any atom is 0.386 e. The topological polar surface area (TPSA) is 90.0 Å². The highest BCUT2D eigenvalue weighted by atomic mass is 16.5. The Balaban J connectivity index is 2.61. The number of aryl methyl sites for hydroxylation is 3. The fourth-order valence-corrected chi connectivity index (χ4v) is 2.18. The normalized spacial score (nSPS) is 11.3. The van der Waals surface area contributed by atoms with Crippen molar-refractivity contribution in [2.45, 2.75) is 13.8 Å². The Bertz CT molecular complexity index is 939. The highest BCUT2D eigenvalue weighted by Crippen LogP contribution is 2.22. The minimum atomic E-state index is -1.01. The van der Waals surface area contributed by atoms with E-state index in [1.165, 1.54) is 0 Å². The van der Waals surface area contributed by atoms with E-state index < -0.39 is 11.2 Å². The molecule has 7 nitrogen and oxygen atoms in total. The van der Waals surface area contributed by atoms with E-state index in [1.807, 2.05) is 26.0 Å². The van der Waals surface area contributed by atoms with Crippen molar-refractivity contribution < 1.29 is 5.21 Å². The van der Waals surface area contributed by atoms with E-state index in [0.29, 0.717) is 5.52 Å². The quantitative estimate of drug-likeness (QED) is 0.474. The molecule has 1 aromatic carbocycles. The van der Waals surface area contributed by atoms with Gasteiger partial charge in [-0.1, -0.05) is 4.73 Å². The summed E-state index contributed by atoms with van der Waals surface area (Å²) in [5, 5.41) is 9.35. The van der Waals surface area contributed by atoms with E-state index in [4.69, 9.17) is 0 Å². The minimum Gasteiger partial charge on any atom is -0.421 e. The van der Waals surface area contributed by atoms with Crippen LogP contribution in [0.5, 0.6) is 0 Å². The zero-order valence-corrected chi connectivity index (χ0v) is 11.2. The molecule has 3 rings (SSSR count). The Labute approximate surface area is 113 Å². The highest BCUT2D eigenvalue weighted by Gasteiger charge is 2.19. The maximum absolute atomic E-state index is 11.9. The van der Waals surface area contributed by atoms with Crippen molar-refractivity contribution in [2.24, 2.45) is 7.05 Å². The summed E-state index contributed by atoms with van der Waals surface area (Å²) in [5.74, 6) is 0.154. The van der Waals surface area contributed by atoms with E-state index in [1.54, 1.807) is 11.6 Å². The first-order valence-corrected chi connectivity index (χ1v) is 6.00. The number of rotatable bonds is 0. The highest BCUT2D eigenvalue weighted by molar-refractivity contribution is 5.80. The monoisotopic (exact) mass is 272 g/mol. The Kier molecular flexibility index (Phi) is 2.40. The van der Waals surface area contributed by atoms with Crippen molar-refractivity contribution in [1.82, 2.24) is 19.3 Å². The van der Waals surface area contributed by atoms with Gasteiger partial charge in [-0.2, -0.15) is 4.98 Å². The zero-order chi connectivity index (χ0) is 14.6. The molecule has 0 amide bonds. The van der Waals surface area contributed by atoms with E-state index in [9.17, 15) is 14.8 Å². The second-order valence-electron chi connectivity index (χ2n) is 4.78. The minimum absolute atomic E-state index is 0.0256. The molecule has 0 bridgehead atoms. The van der Waals surface area contributed by atoms with Gasteiger partial charge in [-0.25, -0.2) is 9.78 Å². The summed E-state index contributed by atoms with van der Waals surface area (Å²) in [7, 11) is 1.70. The summed E-state index contributed by atoms with van der Waals surface area (Å²) in [6.45, 7) is 3.92. The van der Waals surface area contributed by atoms with Crippen LogP contribution in [-0.2, 0) is 7.05 Å². The standard InChI is InChI=1S/C13H12N4O3/c1-6-4-8-9(5-7(6)2)16(3)11-10(14-8)12(18)17(20)13(19)15-11/h4-5,20H,1-3H3. The van der Waals surface area contributed by atoms with Crippen molar-refractivity contribution in [3.63, 3.8) is 0 Å². The van der Waals surface area contributed by atoms with Gasteiger partial charge in [0.1, 0.15) is 0 Å². The Morgan fingerprint density at radius 3 is 2.45 bits per heavy atom. The summed E-state index contributed by atoms with van der Waals surface area (Å²) >= 11 is 0. The summed E-state index contributed by atoms with van der Waals surface area (Å²) in [5.41, 5.74) is 1.58. The molecule has 0 saturated carbocycles. The molecule has 1 aromatic rings. The number of benzene rings is 1. The summed E-state index contributed by atoms with van der Waals surface area (Å²) < 4.78 is 1.61. The van der Waals surface area contributed by atoms with E-state index in [0.717, 1.165) is 16.6 Å². The molecule has 2 aliphatic heterocycles. The Morgan fingerprint density at radius 2 is 1.75 bits per heavy atom. The molecule has 2 heterocycles. The van der Waals surface area contributed by atoms with Gasteiger partial charge in [-0.05, 0) is 37.1 Å². The van der Waals surface area contributed by atoms with Crippen molar-refractivity contribution in [2.75, 3.05) is 0 Å². The number of nitrogens with zero attached hydrogens (tertiary/aromatic N) is 4. The average Bonchev–Trinajstić information content (AvgIpc) is 2.41. The van der Waals surface area contributed by atoms with Crippen LogP contribution < -0.4 is 11.2 Å². The largest absolute Gasteiger partial charge is 0.421 e. The van der Waals surface area contributed by atoms with Crippen LogP contribution in [-0.4, -0.2) is 24.5 Å². The van der Waals surface area contributed by atoms with E-state index in [-0.39, 0.29) is 16.2 Å². The van der Waals surface area contributed by atoms with Gasteiger partial charge in [-0.3, -0.25) is 4.79 Å². The fourth-order valence-electron chi connectivity index (χ4n) is 2.18. The number of aromatic nitrogens is 4. The van der Waals surface area contributed by atoms with Gasteiger partial charge in [0.25, 0.3) is 0 Å². The van der Waals surface area contributed by atoms with Gasteiger partial charge in [0.2, 0.25) is 0 Å². The second-order valence-corrected chi connectivity index (χ2v) is 4.78. The molecule has 0 spiro atoms.